The van der Waals surface area contributed by atoms with E-state index in [0.717, 1.165) is 4.90 Å². The number of imide groups is 1. The van der Waals surface area contributed by atoms with Crippen LogP contribution in [0, 0.1) is 5.92 Å². The predicted octanol–water partition coefficient (Wildman–Crippen LogP) is -0.0776. The van der Waals surface area contributed by atoms with Crippen molar-refractivity contribution in [1.29, 1.82) is 0 Å². The Kier molecular flexibility index (Phi) is 2.91. The van der Waals surface area contributed by atoms with Crippen molar-refractivity contribution in [3.05, 3.63) is 0 Å². The van der Waals surface area contributed by atoms with Gasteiger partial charge in [-0.1, -0.05) is 0 Å². The van der Waals surface area contributed by atoms with Gasteiger partial charge in [-0.2, -0.15) is 0 Å². The largest absolute Gasteiger partial charge is 0.381 e. The summed E-state index contributed by atoms with van der Waals surface area (Å²) in [6.07, 6.45) is 0.672. The van der Waals surface area contributed by atoms with Gasteiger partial charge in [-0.15, -0.1) is 0 Å². The molecule has 2 aliphatic heterocycles. The van der Waals surface area contributed by atoms with E-state index in [1.165, 1.54) is 0 Å². The van der Waals surface area contributed by atoms with Crippen molar-refractivity contribution < 1.29 is 19.1 Å². The standard InChI is InChI=1S/C11H16N2O4/c1-11(2)9(15)13(10(16)12-11)5-8(14)7-3-4-17-6-7/h7H,3-6H2,1-2H3,(H,12,16). The molecule has 2 fully saturated rings. The molecule has 3 amide bonds. The Morgan fingerprint density at radius 2 is 2.24 bits per heavy atom. The number of urea groups is 1. The maximum Gasteiger partial charge on any atom is 0.325 e. The van der Waals surface area contributed by atoms with Gasteiger partial charge in [0.25, 0.3) is 5.91 Å². The molecule has 2 rings (SSSR count). The van der Waals surface area contributed by atoms with Gasteiger partial charge in [0.1, 0.15) is 5.54 Å². The van der Waals surface area contributed by atoms with Gasteiger partial charge in [-0.05, 0) is 20.3 Å². The van der Waals surface area contributed by atoms with Crippen LogP contribution in [0.5, 0.6) is 0 Å². The summed E-state index contributed by atoms with van der Waals surface area (Å²) in [4.78, 5) is 36.2. The van der Waals surface area contributed by atoms with E-state index in [1.54, 1.807) is 13.8 Å². The molecule has 1 N–H and O–H groups in total. The molecule has 2 saturated heterocycles. The van der Waals surface area contributed by atoms with Crippen LogP contribution < -0.4 is 5.32 Å². The van der Waals surface area contributed by atoms with Gasteiger partial charge < -0.3 is 10.1 Å². The number of rotatable bonds is 3. The summed E-state index contributed by atoms with van der Waals surface area (Å²) in [6.45, 7) is 4.06. The Labute approximate surface area is 99.3 Å². The molecule has 0 saturated carbocycles. The summed E-state index contributed by atoms with van der Waals surface area (Å²) in [7, 11) is 0. The first-order valence-corrected chi connectivity index (χ1v) is 5.66. The summed E-state index contributed by atoms with van der Waals surface area (Å²) in [5.74, 6) is -0.641. The third kappa shape index (κ3) is 2.17. The van der Waals surface area contributed by atoms with Gasteiger partial charge in [0, 0.05) is 12.5 Å². The molecule has 2 aliphatic rings. The van der Waals surface area contributed by atoms with Crippen LogP contribution in [-0.4, -0.2) is 47.9 Å². The molecule has 6 nitrogen and oxygen atoms in total. The molecule has 0 aromatic carbocycles. The first-order chi connectivity index (χ1) is 7.92. The lowest BCUT2D eigenvalue weighted by molar-refractivity contribution is -0.134. The number of Topliss-reactive ketones (excluding diaryl/α,β-unsaturated/α-hetero) is 1. The fourth-order valence-electron chi connectivity index (χ4n) is 2.03. The number of ether oxygens (including phenoxy) is 1. The number of nitrogens with one attached hydrogen (secondary N) is 1. The van der Waals surface area contributed by atoms with Crippen molar-refractivity contribution in [3.8, 4) is 0 Å². The van der Waals surface area contributed by atoms with Gasteiger partial charge in [0.05, 0.1) is 13.2 Å². The third-order valence-electron chi connectivity index (χ3n) is 3.14. The highest BCUT2D eigenvalue weighted by Crippen LogP contribution is 2.19. The van der Waals surface area contributed by atoms with Gasteiger partial charge in [0.2, 0.25) is 0 Å². The summed E-state index contributed by atoms with van der Waals surface area (Å²) in [5, 5.41) is 2.54. The molecule has 94 valence electrons. The fraction of sp³-hybridized carbons (Fsp3) is 0.727. The van der Waals surface area contributed by atoms with Crippen molar-refractivity contribution in [2.75, 3.05) is 19.8 Å². The summed E-state index contributed by atoms with van der Waals surface area (Å²) >= 11 is 0. The zero-order valence-electron chi connectivity index (χ0n) is 9.99. The molecule has 0 bridgehead atoms. The van der Waals surface area contributed by atoms with Crippen LogP contribution in [0.2, 0.25) is 0 Å². The minimum Gasteiger partial charge on any atom is -0.381 e. The number of nitrogens with zero attached hydrogens (tertiary/aromatic N) is 1. The van der Waals surface area contributed by atoms with Crippen molar-refractivity contribution in [2.45, 2.75) is 25.8 Å². The Hall–Kier alpha value is -1.43. The predicted molar refractivity (Wildman–Crippen MR) is 58.3 cm³/mol. The second-order valence-electron chi connectivity index (χ2n) is 4.97. The van der Waals surface area contributed by atoms with E-state index in [0.29, 0.717) is 19.6 Å². The number of carbonyl (C=O) groups excluding carboxylic acids is 3. The first-order valence-electron chi connectivity index (χ1n) is 5.66. The molecule has 1 atom stereocenters. The Morgan fingerprint density at radius 1 is 1.53 bits per heavy atom. The SMILES string of the molecule is CC1(C)NC(=O)N(CC(=O)C2CCOC2)C1=O. The maximum absolute atomic E-state index is 11.8. The van der Waals surface area contributed by atoms with E-state index in [4.69, 9.17) is 4.74 Å². The van der Waals surface area contributed by atoms with Crippen LogP contribution in [0.25, 0.3) is 0 Å². The van der Waals surface area contributed by atoms with Crippen molar-refractivity contribution >= 4 is 17.7 Å². The quantitative estimate of drug-likeness (QED) is 0.700. The molecule has 0 aromatic rings. The summed E-state index contributed by atoms with van der Waals surface area (Å²) in [5.41, 5.74) is -0.913. The van der Waals surface area contributed by atoms with E-state index in [1.807, 2.05) is 0 Å². The lowest BCUT2D eigenvalue weighted by Crippen LogP contribution is -2.41. The van der Waals surface area contributed by atoms with Crippen LogP contribution in [-0.2, 0) is 14.3 Å². The summed E-state index contributed by atoms with van der Waals surface area (Å²) < 4.78 is 5.11. The highest BCUT2D eigenvalue weighted by Gasteiger charge is 2.45. The minimum absolute atomic E-state index is 0.108. The monoisotopic (exact) mass is 240 g/mol. The maximum atomic E-state index is 11.8. The van der Waals surface area contributed by atoms with Crippen molar-refractivity contribution in [1.82, 2.24) is 10.2 Å². The van der Waals surface area contributed by atoms with Crippen LogP contribution >= 0.6 is 0 Å². The number of hydrogen-bond donors (Lipinski definition) is 1. The molecular formula is C11H16N2O4. The molecule has 0 aliphatic carbocycles. The summed E-state index contributed by atoms with van der Waals surface area (Å²) in [6, 6.07) is -0.493. The van der Waals surface area contributed by atoms with Gasteiger partial charge >= 0.3 is 6.03 Å². The lowest BCUT2D eigenvalue weighted by atomic mass is 10.0. The Morgan fingerprint density at radius 3 is 2.71 bits per heavy atom. The second-order valence-corrected chi connectivity index (χ2v) is 4.97. The van der Waals surface area contributed by atoms with E-state index < -0.39 is 11.6 Å². The number of hydrogen-bond acceptors (Lipinski definition) is 4. The molecule has 17 heavy (non-hydrogen) atoms. The highest BCUT2D eigenvalue weighted by molar-refractivity contribution is 6.08. The molecule has 0 aromatic heterocycles. The van der Waals surface area contributed by atoms with Crippen molar-refractivity contribution in [2.24, 2.45) is 5.92 Å². The molecule has 6 heteroatoms. The van der Waals surface area contributed by atoms with Gasteiger partial charge in [-0.3, -0.25) is 14.5 Å². The first kappa shape index (κ1) is 12.0. The van der Waals surface area contributed by atoms with Gasteiger partial charge in [-0.25, -0.2) is 4.79 Å². The van der Waals surface area contributed by atoms with Crippen LogP contribution in [0.4, 0.5) is 4.79 Å². The number of amides is 3. The average molecular weight is 240 g/mol. The Bertz CT molecular complexity index is 372. The zero-order chi connectivity index (χ0) is 12.6. The molecule has 0 radical (unpaired) electrons. The van der Waals surface area contributed by atoms with Crippen LogP contribution in [0.3, 0.4) is 0 Å². The third-order valence-corrected chi connectivity index (χ3v) is 3.14. The minimum atomic E-state index is -0.913. The smallest absolute Gasteiger partial charge is 0.325 e. The number of carbonyl (C=O) groups is 3. The van der Waals surface area contributed by atoms with Gasteiger partial charge in [0.15, 0.2) is 5.78 Å². The normalized spacial score (nSPS) is 27.4. The van der Waals surface area contributed by atoms with Crippen LogP contribution in [0.1, 0.15) is 20.3 Å². The number of ketones is 1. The molecule has 0 spiro atoms. The zero-order valence-corrected chi connectivity index (χ0v) is 9.99. The van der Waals surface area contributed by atoms with E-state index in [9.17, 15) is 14.4 Å². The second kappa shape index (κ2) is 4.10. The Balaban J connectivity index is 2.01. The van der Waals surface area contributed by atoms with Crippen molar-refractivity contribution in [3.63, 3.8) is 0 Å². The average Bonchev–Trinajstić information content (AvgIpc) is 2.81. The van der Waals surface area contributed by atoms with Crippen LogP contribution in [0.15, 0.2) is 0 Å². The van der Waals surface area contributed by atoms with E-state index in [2.05, 4.69) is 5.32 Å². The molecule has 1 unspecified atom stereocenters. The van der Waals surface area contributed by atoms with E-state index >= 15 is 0 Å². The lowest BCUT2D eigenvalue weighted by Gasteiger charge is -2.16. The molecule has 2 heterocycles. The fourth-order valence-corrected chi connectivity index (χ4v) is 2.03. The molecular weight excluding hydrogens is 224 g/mol. The topological polar surface area (TPSA) is 75.7 Å². The van der Waals surface area contributed by atoms with E-state index in [-0.39, 0.29) is 24.2 Å². The highest BCUT2D eigenvalue weighted by atomic mass is 16.5.